The molecule has 0 atom stereocenters. The van der Waals surface area contributed by atoms with Crippen LogP contribution in [0.3, 0.4) is 0 Å². The van der Waals surface area contributed by atoms with Gasteiger partial charge in [-0.3, -0.25) is 9.69 Å². The number of hydrogen-bond donors (Lipinski definition) is 1. The lowest BCUT2D eigenvalue weighted by molar-refractivity contribution is 0.0628. The molecule has 114 valence electrons. The number of aromatic nitrogens is 3. The topological polar surface area (TPSA) is 79.8 Å². The van der Waals surface area contributed by atoms with Gasteiger partial charge in [0.25, 0.3) is 12.3 Å². The third-order valence-corrected chi connectivity index (χ3v) is 2.84. The van der Waals surface area contributed by atoms with Crippen molar-refractivity contribution in [2.45, 2.75) is 6.43 Å². The highest BCUT2D eigenvalue weighted by atomic mass is 19.3. The van der Waals surface area contributed by atoms with E-state index in [1.807, 2.05) is 0 Å². The molecule has 0 saturated carbocycles. The second kappa shape index (κ2) is 6.55. The van der Waals surface area contributed by atoms with Gasteiger partial charge in [-0.25, -0.2) is 18.0 Å². The maximum absolute atomic E-state index is 12.4. The average molecular weight is 300 g/mol. The number of pyridine rings is 1. The summed E-state index contributed by atoms with van der Waals surface area (Å²) in [6.45, 7) is -1.53. The van der Waals surface area contributed by atoms with Crippen molar-refractivity contribution >= 4 is 11.6 Å². The lowest BCUT2D eigenvalue weighted by atomic mass is 10.4. The van der Waals surface area contributed by atoms with Gasteiger partial charge in [0.1, 0.15) is 0 Å². The van der Waals surface area contributed by atoms with Gasteiger partial charge < -0.3 is 5.11 Å². The number of carbonyl (C=O) groups is 1. The number of nitrogens with zero attached hydrogens (tertiary/aromatic N) is 4. The van der Waals surface area contributed by atoms with Gasteiger partial charge in [-0.2, -0.15) is 0 Å². The summed E-state index contributed by atoms with van der Waals surface area (Å²) in [7, 11) is 0. The maximum Gasteiger partial charge on any atom is 0.357 e. The Bertz CT molecular complexity index is 682. The standard InChI is InChI=1S/C12H14F2N4O3/c13-9(14)7-16(5-6-19)8-11(20)18-12(21)17-4-2-1-3-10(17)15-18/h1-4,9,19H,5-8H2. The van der Waals surface area contributed by atoms with Crippen molar-refractivity contribution in [2.24, 2.45) is 0 Å². The fourth-order valence-electron chi connectivity index (χ4n) is 1.92. The smallest absolute Gasteiger partial charge is 0.357 e. The third-order valence-electron chi connectivity index (χ3n) is 2.84. The van der Waals surface area contributed by atoms with Crippen LogP contribution in [0.2, 0.25) is 0 Å². The average Bonchev–Trinajstić information content (AvgIpc) is 2.76. The predicted octanol–water partition coefficient (Wildman–Crippen LogP) is -0.304. The van der Waals surface area contributed by atoms with Crippen LogP contribution in [0.1, 0.15) is 4.79 Å². The number of aliphatic hydroxyl groups is 1. The zero-order valence-electron chi connectivity index (χ0n) is 11.0. The summed E-state index contributed by atoms with van der Waals surface area (Å²) in [6.07, 6.45) is -1.18. The van der Waals surface area contributed by atoms with Crippen molar-refractivity contribution in [1.29, 1.82) is 0 Å². The SMILES string of the molecule is O=C(CN(CCO)CC(F)F)n1nc2ccccn2c1=O. The summed E-state index contributed by atoms with van der Waals surface area (Å²) in [4.78, 5) is 25.1. The number of fused-ring (bicyclic) bond motifs is 1. The van der Waals surface area contributed by atoms with E-state index in [4.69, 9.17) is 5.11 Å². The first-order valence-electron chi connectivity index (χ1n) is 6.24. The molecule has 0 fully saturated rings. The van der Waals surface area contributed by atoms with E-state index in [1.165, 1.54) is 10.6 Å². The number of alkyl halides is 2. The monoisotopic (exact) mass is 300 g/mol. The second-order valence-corrected chi connectivity index (χ2v) is 4.37. The first-order chi connectivity index (χ1) is 10.0. The van der Waals surface area contributed by atoms with Gasteiger partial charge in [-0.15, -0.1) is 9.78 Å². The molecule has 9 heteroatoms. The van der Waals surface area contributed by atoms with Crippen LogP contribution in [-0.4, -0.2) is 62.8 Å². The van der Waals surface area contributed by atoms with Gasteiger partial charge in [0.05, 0.1) is 19.7 Å². The van der Waals surface area contributed by atoms with E-state index >= 15 is 0 Å². The maximum atomic E-state index is 12.4. The lowest BCUT2D eigenvalue weighted by Crippen LogP contribution is -2.40. The van der Waals surface area contributed by atoms with Crippen LogP contribution in [0.15, 0.2) is 29.2 Å². The number of aliphatic hydroxyl groups excluding tert-OH is 1. The Morgan fingerprint density at radius 2 is 2.19 bits per heavy atom. The van der Waals surface area contributed by atoms with E-state index in [0.29, 0.717) is 10.3 Å². The second-order valence-electron chi connectivity index (χ2n) is 4.37. The minimum Gasteiger partial charge on any atom is -0.395 e. The fourth-order valence-corrected chi connectivity index (χ4v) is 1.92. The summed E-state index contributed by atoms with van der Waals surface area (Å²) in [6, 6.07) is 4.82. The highest BCUT2D eigenvalue weighted by molar-refractivity contribution is 5.80. The van der Waals surface area contributed by atoms with Crippen molar-refractivity contribution in [1.82, 2.24) is 19.1 Å². The Kier molecular flexibility index (Phi) is 4.76. The summed E-state index contributed by atoms with van der Waals surface area (Å²) >= 11 is 0. The molecule has 0 aliphatic rings. The molecular formula is C12H14F2N4O3. The molecule has 0 aliphatic heterocycles. The minimum atomic E-state index is -2.64. The molecular weight excluding hydrogens is 286 g/mol. The summed E-state index contributed by atoms with van der Waals surface area (Å²) < 4.78 is 26.6. The van der Waals surface area contributed by atoms with Crippen molar-refractivity contribution in [3.8, 4) is 0 Å². The molecule has 0 amide bonds. The molecule has 2 aromatic rings. The Hall–Kier alpha value is -2.13. The van der Waals surface area contributed by atoms with Gasteiger partial charge in [0.2, 0.25) is 0 Å². The Morgan fingerprint density at radius 1 is 1.43 bits per heavy atom. The molecule has 2 rings (SSSR count). The molecule has 0 saturated heterocycles. The van der Waals surface area contributed by atoms with Crippen LogP contribution < -0.4 is 5.69 Å². The zero-order valence-corrected chi connectivity index (χ0v) is 11.0. The molecule has 0 bridgehead atoms. The van der Waals surface area contributed by atoms with Crippen LogP contribution >= 0.6 is 0 Å². The molecule has 7 nitrogen and oxygen atoms in total. The molecule has 1 N–H and O–H groups in total. The van der Waals surface area contributed by atoms with E-state index in [1.54, 1.807) is 18.2 Å². The first-order valence-corrected chi connectivity index (χ1v) is 6.24. The van der Waals surface area contributed by atoms with Crippen LogP contribution in [0, 0.1) is 0 Å². The number of carbonyl (C=O) groups excluding carboxylic acids is 1. The molecule has 0 radical (unpaired) electrons. The molecule has 21 heavy (non-hydrogen) atoms. The number of rotatable bonds is 6. The van der Waals surface area contributed by atoms with E-state index in [2.05, 4.69) is 5.10 Å². The molecule has 0 aliphatic carbocycles. The van der Waals surface area contributed by atoms with Crippen molar-refractivity contribution in [2.75, 3.05) is 26.2 Å². The lowest BCUT2D eigenvalue weighted by Gasteiger charge is -2.19. The Morgan fingerprint density at radius 3 is 2.81 bits per heavy atom. The van der Waals surface area contributed by atoms with Crippen molar-refractivity contribution in [3.05, 3.63) is 34.9 Å². The number of halogens is 2. The molecule has 2 heterocycles. The molecule has 0 unspecified atom stereocenters. The van der Waals surface area contributed by atoms with Gasteiger partial charge in [0, 0.05) is 12.7 Å². The quantitative estimate of drug-likeness (QED) is 0.792. The van der Waals surface area contributed by atoms with Crippen LogP contribution in [-0.2, 0) is 0 Å². The summed E-state index contributed by atoms with van der Waals surface area (Å²) in [5.41, 5.74) is -0.366. The van der Waals surface area contributed by atoms with Crippen LogP contribution in [0.5, 0.6) is 0 Å². The van der Waals surface area contributed by atoms with E-state index in [0.717, 1.165) is 4.90 Å². The van der Waals surface area contributed by atoms with Crippen LogP contribution in [0.4, 0.5) is 8.78 Å². The highest BCUT2D eigenvalue weighted by Crippen LogP contribution is 2.00. The van der Waals surface area contributed by atoms with E-state index in [-0.39, 0.29) is 13.2 Å². The predicted molar refractivity (Wildman–Crippen MR) is 69.6 cm³/mol. The summed E-state index contributed by atoms with van der Waals surface area (Å²) in [5, 5.41) is 12.7. The molecule has 2 aromatic heterocycles. The molecule has 0 spiro atoms. The fraction of sp³-hybridized carbons (Fsp3) is 0.417. The van der Waals surface area contributed by atoms with Crippen LogP contribution in [0.25, 0.3) is 5.65 Å². The third kappa shape index (κ3) is 3.50. The van der Waals surface area contributed by atoms with Gasteiger partial charge in [-0.1, -0.05) is 6.07 Å². The normalized spacial score (nSPS) is 11.7. The van der Waals surface area contributed by atoms with Gasteiger partial charge in [-0.05, 0) is 12.1 Å². The summed E-state index contributed by atoms with van der Waals surface area (Å²) in [5.74, 6) is -0.724. The first kappa shape index (κ1) is 15.3. The number of hydrogen-bond acceptors (Lipinski definition) is 5. The van der Waals surface area contributed by atoms with E-state index < -0.39 is 31.1 Å². The largest absolute Gasteiger partial charge is 0.395 e. The Labute approximate surface area is 118 Å². The minimum absolute atomic E-state index is 0.0851. The molecule has 0 aromatic carbocycles. The van der Waals surface area contributed by atoms with Crippen molar-refractivity contribution in [3.63, 3.8) is 0 Å². The van der Waals surface area contributed by atoms with Gasteiger partial charge in [0.15, 0.2) is 5.65 Å². The highest BCUT2D eigenvalue weighted by Gasteiger charge is 2.19. The Balaban J connectivity index is 2.21. The zero-order chi connectivity index (χ0) is 15.4. The van der Waals surface area contributed by atoms with Gasteiger partial charge >= 0.3 is 5.69 Å². The van der Waals surface area contributed by atoms with Crippen molar-refractivity contribution < 1.29 is 18.7 Å². The van der Waals surface area contributed by atoms with E-state index in [9.17, 15) is 18.4 Å².